The van der Waals surface area contributed by atoms with Gasteiger partial charge in [0.15, 0.2) is 0 Å². The van der Waals surface area contributed by atoms with Crippen molar-refractivity contribution in [3.8, 4) is 5.75 Å². The van der Waals surface area contributed by atoms with Crippen LogP contribution >= 0.6 is 0 Å². The lowest BCUT2D eigenvalue weighted by Crippen LogP contribution is -2.42. The molecule has 0 aromatic carbocycles. The van der Waals surface area contributed by atoms with Gasteiger partial charge in [-0.05, 0) is 26.0 Å². The molecule has 1 amide bonds. The number of carbonyl (C=O) groups is 1. The van der Waals surface area contributed by atoms with E-state index in [1.54, 1.807) is 23.3 Å². The van der Waals surface area contributed by atoms with Crippen LogP contribution in [0.25, 0.3) is 0 Å². The van der Waals surface area contributed by atoms with E-state index in [-0.39, 0.29) is 17.6 Å². The molecule has 2 aromatic rings. The maximum absolute atomic E-state index is 12.6. The van der Waals surface area contributed by atoms with Gasteiger partial charge in [0.05, 0.1) is 5.69 Å². The molecule has 0 unspecified atom stereocenters. The third-order valence-corrected chi connectivity index (χ3v) is 4.73. The first-order valence-electron chi connectivity index (χ1n) is 8.49. The van der Waals surface area contributed by atoms with Crippen molar-refractivity contribution in [2.24, 2.45) is 14.1 Å². The molecule has 0 aliphatic carbocycles. The van der Waals surface area contributed by atoms with Gasteiger partial charge in [-0.1, -0.05) is 0 Å². The van der Waals surface area contributed by atoms with E-state index in [4.69, 9.17) is 4.74 Å². The number of nitrogens with zero attached hydrogens (tertiary/aromatic N) is 4. The highest BCUT2D eigenvalue weighted by molar-refractivity contribution is 5.92. The normalized spacial score (nSPS) is 15.4. The van der Waals surface area contributed by atoms with Gasteiger partial charge in [-0.25, -0.2) is 0 Å². The molecule has 1 aliphatic rings. The fourth-order valence-electron chi connectivity index (χ4n) is 3.15. The predicted octanol–water partition coefficient (Wildman–Crippen LogP) is 1.42. The lowest BCUT2D eigenvalue weighted by atomic mass is 10.1. The second kappa shape index (κ2) is 6.74. The van der Waals surface area contributed by atoms with Crippen LogP contribution in [0.2, 0.25) is 0 Å². The number of hydrogen-bond donors (Lipinski definition) is 0. The highest BCUT2D eigenvalue weighted by atomic mass is 16.5. The summed E-state index contributed by atoms with van der Waals surface area (Å²) in [5.74, 6) is 0.610. The van der Waals surface area contributed by atoms with E-state index in [0.717, 1.165) is 24.2 Å². The molecule has 2 aromatic heterocycles. The van der Waals surface area contributed by atoms with Crippen LogP contribution in [0.15, 0.2) is 23.0 Å². The molecule has 0 N–H and O–H groups in total. The van der Waals surface area contributed by atoms with Crippen LogP contribution in [0.1, 0.15) is 34.7 Å². The molecular weight excluding hydrogens is 320 g/mol. The first kappa shape index (κ1) is 17.3. The summed E-state index contributed by atoms with van der Waals surface area (Å²) < 4.78 is 9.18. The van der Waals surface area contributed by atoms with Gasteiger partial charge >= 0.3 is 0 Å². The Morgan fingerprint density at radius 3 is 2.40 bits per heavy atom. The second-order valence-electron chi connectivity index (χ2n) is 6.63. The van der Waals surface area contributed by atoms with Gasteiger partial charge in [-0.3, -0.25) is 14.3 Å². The van der Waals surface area contributed by atoms with Gasteiger partial charge in [-0.15, -0.1) is 0 Å². The number of pyridine rings is 1. The molecule has 0 spiro atoms. The number of carbonyl (C=O) groups excluding carboxylic acids is 1. The minimum absolute atomic E-state index is 0.00553. The molecule has 0 atom stereocenters. The van der Waals surface area contributed by atoms with Crippen molar-refractivity contribution in [1.82, 2.24) is 19.2 Å². The van der Waals surface area contributed by atoms with Gasteiger partial charge in [0.25, 0.3) is 11.5 Å². The summed E-state index contributed by atoms with van der Waals surface area (Å²) in [4.78, 5) is 26.3. The molecule has 7 nitrogen and oxygen atoms in total. The Labute approximate surface area is 146 Å². The van der Waals surface area contributed by atoms with E-state index in [9.17, 15) is 9.59 Å². The van der Waals surface area contributed by atoms with Crippen molar-refractivity contribution in [2.75, 3.05) is 13.1 Å². The van der Waals surface area contributed by atoms with Gasteiger partial charge in [-0.2, -0.15) is 5.10 Å². The van der Waals surface area contributed by atoms with E-state index in [1.807, 2.05) is 30.9 Å². The van der Waals surface area contributed by atoms with Crippen LogP contribution in [0.4, 0.5) is 0 Å². The van der Waals surface area contributed by atoms with Crippen molar-refractivity contribution in [2.45, 2.75) is 32.8 Å². The predicted molar refractivity (Wildman–Crippen MR) is 93.9 cm³/mol. The number of piperidine rings is 1. The topological polar surface area (TPSA) is 69.4 Å². The Morgan fingerprint density at radius 1 is 1.16 bits per heavy atom. The Kier molecular flexibility index (Phi) is 4.65. The third-order valence-electron chi connectivity index (χ3n) is 4.73. The van der Waals surface area contributed by atoms with Gasteiger partial charge in [0.1, 0.15) is 17.5 Å². The van der Waals surface area contributed by atoms with Gasteiger partial charge in [0, 0.05) is 51.8 Å². The molecule has 0 bridgehead atoms. The maximum atomic E-state index is 12.6. The van der Waals surface area contributed by atoms with E-state index in [2.05, 4.69) is 5.10 Å². The summed E-state index contributed by atoms with van der Waals surface area (Å²) >= 11 is 0. The summed E-state index contributed by atoms with van der Waals surface area (Å²) in [7, 11) is 3.53. The zero-order chi connectivity index (χ0) is 18.1. The number of rotatable bonds is 3. The Balaban J connectivity index is 1.61. The van der Waals surface area contributed by atoms with E-state index in [0.29, 0.717) is 24.5 Å². The number of amides is 1. The van der Waals surface area contributed by atoms with Crippen LogP contribution in [-0.2, 0) is 14.1 Å². The van der Waals surface area contributed by atoms with Crippen LogP contribution in [-0.4, -0.2) is 44.3 Å². The SMILES string of the molecule is Cc1cc(C(=O)N2CCC(Oc3cc(C)n(C)c(=O)c3)CC2)n(C)n1. The fourth-order valence-corrected chi connectivity index (χ4v) is 3.15. The first-order chi connectivity index (χ1) is 11.8. The van der Waals surface area contributed by atoms with E-state index >= 15 is 0 Å². The summed E-state index contributed by atoms with van der Waals surface area (Å²) in [6, 6.07) is 5.20. The van der Waals surface area contributed by atoms with Crippen molar-refractivity contribution < 1.29 is 9.53 Å². The lowest BCUT2D eigenvalue weighted by molar-refractivity contribution is 0.0585. The molecule has 134 valence electrons. The van der Waals surface area contributed by atoms with Gasteiger partial charge in [0.2, 0.25) is 0 Å². The zero-order valence-corrected chi connectivity index (χ0v) is 15.2. The molecule has 7 heteroatoms. The van der Waals surface area contributed by atoms with Crippen molar-refractivity contribution >= 4 is 5.91 Å². The van der Waals surface area contributed by atoms with Crippen molar-refractivity contribution in [1.29, 1.82) is 0 Å². The van der Waals surface area contributed by atoms with Crippen LogP contribution in [0.5, 0.6) is 5.75 Å². The quantitative estimate of drug-likeness (QED) is 0.844. The van der Waals surface area contributed by atoms with Crippen molar-refractivity contribution in [3.63, 3.8) is 0 Å². The highest BCUT2D eigenvalue weighted by Crippen LogP contribution is 2.20. The van der Waals surface area contributed by atoms with Gasteiger partial charge < -0.3 is 14.2 Å². The standard InChI is InChI=1S/C18H24N4O3/c1-12-9-16(21(4)19-12)18(24)22-7-5-14(6-8-22)25-15-10-13(2)20(3)17(23)11-15/h9-11,14H,5-8H2,1-4H3. The average molecular weight is 344 g/mol. The molecule has 0 radical (unpaired) electrons. The monoisotopic (exact) mass is 344 g/mol. The average Bonchev–Trinajstić information content (AvgIpc) is 2.91. The minimum Gasteiger partial charge on any atom is -0.490 e. The fraction of sp³-hybridized carbons (Fsp3) is 0.500. The first-order valence-corrected chi connectivity index (χ1v) is 8.49. The van der Waals surface area contributed by atoms with Crippen LogP contribution in [0, 0.1) is 13.8 Å². The summed E-state index contributed by atoms with van der Waals surface area (Å²) in [6.07, 6.45) is 1.51. The smallest absolute Gasteiger partial charge is 0.272 e. The van der Waals surface area contributed by atoms with E-state index in [1.165, 1.54) is 6.07 Å². The molecule has 3 rings (SSSR count). The molecule has 1 fully saturated rings. The summed E-state index contributed by atoms with van der Waals surface area (Å²) in [5, 5.41) is 4.23. The molecule has 0 saturated carbocycles. The summed E-state index contributed by atoms with van der Waals surface area (Å²) in [5.41, 5.74) is 2.24. The second-order valence-corrected chi connectivity index (χ2v) is 6.63. The largest absolute Gasteiger partial charge is 0.490 e. The van der Waals surface area contributed by atoms with Crippen LogP contribution < -0.4 is 10.3 Å². The zero-order valence-electron chi connectivity index (χ0n) is 15.2. The van der Waals surface area contributed by atoms with E-state index < -0.39 is 0 Å². The molecule has 1 saturated heterocycles. The minimum atomic E-state index is -0.0748. The lowest BCUT2D eigenvalue weighted by Gasteiger charge is -2.32. The number of ether oxygens (including phenoxy) is 1. The number of hydrogen-bond acceptors (Lipinski definition) is 4. The molecular formula is C18H24N4O3. The molecule has 1 aliphatic heterocycles. The van der Waals surface area contributed by atoms with Crippen LogP contribution in [0.3, 0.4) is 0 Å². The maximum Gasteiger partial charge on any atom is 0.272 e. The number of likely N-dealkylation sites (tertiary alicyclic amines) is 1. The third kappa shape index (κ3) is 3.60. The Bertz CT molecular complexity index is 844. The number of aryl methyl sites for hydroxylation is 3. The number of aromatic nitrogens is 3. The molecule has 3 heterocycles. The van der Waals surface area contributed by atoms with Crippen molar-refractivity contribution in [3.05, 3.63) is 45.6 Å². The Hall–Kier alpha value is -2.57. The Morgan fingerprint density at radius 2 is 1.84 bits per heavy atom. The highest BCUT2D eigenvalue weighted by Gasteiger charge is 2.26. The summed E-state index contributed by atoms with van der Waals surface area (Å²) in [6.45, 7) is 5.03. The molecule has 25 heavy (non-hydrogen) atoms.